The third-order valence-electron chi connectivity index (χ3n) is 3.91. The molecule has 0 aromatic heterocycles. The van der Waals surface area contributed by atoms with Gasteiger partial charge in [-0.15, -0.1) is 0 Å². The number of hydrogen-bond acceptors (Lipinski definition) is 5. The largest absolute Gasteiger partial charge is 0.497 e. The Labute approximate surface area is 150 Å². The highest BCUT2D eigenvalue weighted by Gasteiger charge is 2.27. The number of methoxy groups -OCH3 is 1. The molecule has 0 fully saturated rings. The van der Waals surface area contributed by atoms with Crippen LogP contribution in [0.25, 0.3) is 0 Å². The van der Waals surface area contributed by atoms with Gasteiger partial charge in [-0.1, -0.05) is 24.3 Å². The number of fused-ring (bicyclic) bond motifs is 1. The highest BCUT2D eigenvalue weighted by Crippen LogP contribution is 2.28. The predicted octanol–water partition coefficient (Wildman–Crippen LogP) is 1.77. The van der Waals surface area contributed by atoms with Crippen LogP contribution in [0.2, 0.25) is 0 Å². The van der Waals surface area contributed by atoms with Gasteiger partial charge >= 0.3 is 5.97 Å². The van der Waals surface area contributed by atoms with E-state index in [1.54, 1.807) is 55.6 Å². The van der Waals surface area contributed by atoms with Crippen molar-refractivity contribution in [2.75, 3.05) is 30.5 Å². The summed E-state index contributed by atoms with van der Waals surface area (Å²) in [5.74, 6) is -0.630. The first kappa shape index (κ1) is 17.5. The maximum Gasteiger partial charge on any atom is 0.310 e. The zero-order valence-corrected chi connectivity index (χ0v) is 14.2. The van der Waals surface area contributed by atoms with Crippen LogP contribution in [0.15, 0.2) is 48.5 Å². The lowest BCUT2D eigenvalue weighted by Crippen LogP contribution is -2.44. The van der Waals surface area contributed by atoms with Gasteiger partial charge in [-0.25, -0.2) is 0 Å². The van der Waals surface area contributed by atoms with Crippen molar-refractivity contribution < 1.29 is 23.9 Å². The van der Waals surface area contributed by atoms with Gasteiger partial charge in [0.05, 0.1) is 24.9 Å². The number of ether oxygens (including phenoxy) is 2. The Kier molecular flexibility index (Phi) is 5.17. The quantitative estimate of drug-likeness (QED) is 0.827. The Bertz CT molecular complexity index is 849. The first-order valence-corrected chi connectivity index (χ1v) is 8.04. The Balaban J connectivity index is 1.60. The van der Waals surface area contributed by atoms with Gasteiger partial charge in [0.1, 0.15) is 12.3 Å². The molecule has 2 aromatic carbocycles. The van der Waals surface area contributed by atoms with Crippen molar-refractivity contribution in [3.8, 4) is 5.75 Å². The van der Waals surface area contributed by atoms with E-state index >= 15 is 0 Å². The highest BCUT2D eigenvalue weighted by atomic mass is 16.5. The van der Waals surface area contributed by atoms with E-state index in [2.05, 4.69) is 5.32 Å². The van der Waals surface area contributed by atoms with Crippen molar-refractivity contribution in [1.29, 1.82) is 0 Å². The summed E-state index contributed by atoms with van der Waals surface area (Å²) in [6, 6.07) is 14.0. The summed E-state index contributed by atoms with van der Waals surface area (Å²) in [6.07, 6.45) is 0.0293. The molecule has 2 amide bonds. The molecule has 7 nitrogen and oxygen atoms in total. The van der Waals surface area contributed by atoms with Gasteiger partial charge in [0, 0.05) is 0 Å². The standard InChI is InChI=1S/C19H18N2O5/c1-25-14-6-4-5-13(9-14)10-19(24)26-12-18(23)21-11-17(22)20-15-7-2-3-8-16(15)21/h2-9H,10-12H2,1H3,(H,20,22). The van der Waals surface area contributed by atoms with E-state index < -0.39 is 18.5 Å². The lowest BCUT2D eigenvalue weighted by molar-refractivity contribution is -0.147. The van der Waals surface area contributed by atoms with Gasteiger partial charge in [0.25, 0.3) is 5.91 Å². The average Bonchev–Trinajstić information content (AvgIpc) is 2.65. The van der Waals surface area contributed by atoms with Crippen molar-refractivity contribution in [3.63, 3.8) is 0 Å². The van der Waals surface area contributed by atoms with Crippen molar-refractivity contribution >= 4 is 29.2 Å². The Morgan fingerprint density at radius 2 is 1.96 bits per heavy atom. The van der Waals surface area contributed by atoms with Crippen LogP contribution >= 0.6 is 0 Å². The second kappa shape index (κ2) is 7.69. The molecule has 0 aliphatic carbocycles. The highest BCUT2D eigenvalue weighted by molar-refractivity contribution is 6.10. The van der Waals surface area contributed by atoms with Gasteiger partial charge in [0.2, 0.25) is 5.91 Å². The summed E-state index contributed by atoms with van der Waals surface area (Å²) in [6.45, 7) is -0.534. The second-order valence-corrected chi connectivity index (χ2v) is 5.73. The van der Waals surface area contributed by atoms with E-state index in [9.17, 15) is 14.4 Å². The third kappa shape index (κ3) is 4.00. The van der Waals surface area contributed by atoms with E-state index in [0.29, 0.717) is 17.1 Å². The molecule has 2 aromatic rings. The van der Waals surface area contributed by atoms with E-state index in [1.165, 1.54) is 4.90 Å². The van der Waals surface area contributed by atoms with Crippen LogP contribution in [0, 0.1) is 0 Å². The van der Waals surface area contributed by atoms with Crippen LogP contribution in [-0.4, -0.2) is 38.0 Å². The van der Waals surface area contributed by atoms with E-state index in [-0.39, 0.29) is 18.9 Å². The molecule has 134 valence electrons. The number of esters is 1. The number of carbonyl (C=O) groups excluding carboxylic acids is 3. The molecule has 0 saturated heterocycles. The molecule has 1 aliphatic rings. The first-order chi connectivity index (χ1) is 12.6. The maximum absolute atomic E-state index is 12.4. The van der Waals surface area contributed by atoms with E-state index in [4.69, 9.17) is 9.47 Å². The summed E-state index contributed by atoms with van der Waals surface area (Å²) in [5, 5.41) is 2.70. The van der Waals surface area contributed by atoms with Gasteiger partial charge in [0.15, 0.2) is 6.61 Å². The van der Waals surface area contributed by atoms with Crippen molar-refractivity contribution in [3.05, 3.63) is 54.1 Å². The Morgan fingerprint density at radius 1 is 1.15 bits per heavy atom. The fourth-order valence-electron chi connectivity index (χ4n) is 2.68. The minimum atomic E-state index is -0.527. The molecule has 0 atom stereocenters. The summed E-state index contributed by atoms with van der Waals surface area (Å²) in [5.41, 5.74) is 1.87. The van der Waals surface area contributed by atoms with Crippen molar-refractivity contribution in [2.24, 2.45) is 0 Å². The molecule has 1 aliphatic heterocycles. The van der Waals surface area contributed by atoms with Crippen LogP contribution in [-0.2, 0) is 25.5 Å². The monoisotopic (exact) mass is 354 g/mol. The fraction of sp³-hybridized carbons (Fsp3) is 0.211. The number of nitrogens with one attached hydrogen (secondary N) is 1. The van der Waals surface area contributed by atoms with Crippen LogP contribution in [0.5, 0.6) is 5.75 Å². The number of benzene rings is 2. The zero-order chi connectivity index (χ0) is 18.5. The molecule has 0 unspecified atom stereocenters. The summed E-state index contributed by atoms with van der Waals surface area (Å²) < 4.78 is 10.2. The van der Waals surface area contributed by atoms with Crippen molar-refractivity contribution in [1.82, 2.24) is 0 Å². The molecule has 1 heterocycles. The number of carbonyl (C=O) groups is 3. The minimum absolute atomic E-state index is 0.0293. The van der Waals surface area contributed by atoms with Gasteiger partial charge < -0.3 is 14.8 Å². The average molecular weight is 354 g/mol. The maximum atomic E-state index is 12.4. The number of nitrogens with zero attached hydrogens (tertiary/aromatic N) is 1. The summed E-state index contributed by atoms with van der Waals surface area (Å²) in [7, 11) is 1.54. The smallest absolute Gasteiger partial charge is 0.310 e. The summed E-state index contributed by atoms with van der Waals surface area (Å²) >= 11 is 0. The van der Waals surface area contributed by atoms with Gasteiger partial charge in [-0.3, -0.25) is 19.3 Å². The molecule has 0 bridgehead atoms. The lowest BCUT2D eigenvalue weighted by atomic mass is 10.1. The van der Waals surface area contributed by atoms with Gasteiger partial charge in [-0.05, 0) is 29.8 Å². The predicted molar refractivity (Wildman–Crippen MR) is 95.1 cm³/mol. The van der Waals surface area contributed by atoms with Crippen LogP contribution < -0.4 is 15.0 Å². The molecular weight excluding hydrogens is 336 g/mol. The number of para-hydroxylation sites is 2. The zero-order valence-electron chi connectivity index (χ0n) is 14.2. The Hall–Kier alpha value is -3.35. The summed E-state index contributed by atoms with van der Waals surface area (Å²) in [4.78, 5) is 37.5. The molecule has 1 N–H and O–H groups in total. The topological polar surface area (TPSA) is 84.9 Å². The molecule has 0 spiro atoms. The number of anilines is 2. The number of hydrogen-bond donors (Lipinski definition) is 1. The molecule has 0 saturated carbocycles. The Morgan fingerprint density at radius 3 is 2.77 bits per heavy atom. The molecule has 26 heavy (non-hydrogen) atoms. The normalized spacial score (nSPS) is 12.8. The molecule has 0 radical (unpaired) electrons. The van der Waals surface area contributed by atoms with Crippen LogP contribution in [0.4, 0.5) is 11.4 Å². The molecule has 7 heteroatoms. The molecule has 3 rings (SSSR count). The second-order valence-electron chi connectivity index (χ2n) is 5.73. The third-order valence-corrected chi connectivity index (χ3v) is 3.91. The van der Waals surface area contributed by atoms with E-state index in [1.807, 2.05) is 0 Å². The molecular formula is C19H18N2O5. The number of rotatable bonds is 5. The van der Waals surface area contributed by atoms with Crippen molar-refractivity contribution in [2.45, 2.75) is 6.42 Å². The van der Waals surface area contributed by atoms with E-state index in [0.717, 1.165) is 5.56 Å². The fourth-order valence-corrected chi connectivity index (χ4v) is 2.68. The van der Waals surface area contributed by atoms with Crippen LogP contribution in [0.1, 0.15) is 5.56 Å². The van der Waals surface area contributed by atoms with Crippen LogP contribution in [0.3, 0.4) is 0 Å². The first-order valence-electron chi connectivity index (χ1n) is 8.04. The number of amides is 2. The SMILES string of the molecule is COc1cccc(CC(=O)OCC(=O)N2CC(=O)Nc3ccccc32)c1. The lowest BCUT2D eigenvalue weighted by Gasteiger charge is -2.28. The van der Waals surface area contributed by atoms with Gasteiger partial charge in [-0.2, -0.15) is 0 Å². The minimum Gasteiger partial charge on any atom is -0.497 e.